The van der Waals surface area contributed by atoms with Gasteiger partial charge in [0.25, 0.3) is 0 Å². The second kappa shape index (κ2) is 12.4. The molecule has 7 nitrogen and oxygen atoms in total. The molecule has 2 amide bonds. The number of sulfonamides is 1. The second-order valence-corrected chi connectivity index (χ2v) is 10.5. The van der Waals surface area contributed by atoms with Gasteiger partial charge < -0.3 is 10.2 Å². The fraction of sp³-hybridized carbons (Fsp3) is 0.391. The van der Waals surface area contributed by atoms with E-state index in [2.05, 4.69) is 5.32 Å². The summed E-state index contributed by atoms with van der Waals surface area (Å²) in [4.78, 5) is 27.4. The average Bonchev–Trinajstić information content (AvgIpc) is 2.76. The highest BCUT2D eigenvalue weighted by atomic mass is 35.5. The van der Waals surface area contributed by atoms with E-state index in [9.17, 15) is 22.4 Å². The van der Waals surface area contributed by atoms with E-state index >= 15 is 0 Å². The van der Waals surface area contributed by atoms with E-state index in [4.69, 9.17) is 23.2 Å². The van der Waals surface area contributed by atoms with Gasteiger partial charge in [-0.3, -0.25) is 13.9 Å². The quantitative estimate of drug-likeness (QED) is 0.439. The maximum atomic E-state index is 13.8. The summed E-state index contributed by atoms with van der Waals surface area (Å²) in [5.74, 6) is -1.73. The van der Waals surface area contributed by atoms with Gasteiger partial charge in [0.2, 0.25) is 21.8 Å². The molecule has 0 bridgehead atoms. The summed E-state index contributed by atoms with van der Waals surface area (Å²) in [5.41, 5.74) is 0.413. The largest absolute Gasteiger partial charge is 0.354 e. The Morgan fingerprint density at radius 3 is 2.29 bits per heavy atom. The molecule has 0 heterocycles. The summed E-state index contributed by atoms with van der Waals surface area (Å²) < 4.78 is 39.5. The molecule has 2 aromatic rings. The molecule has 0 unspecified atom stereocenters. The van der Waals surface area contributed by atoms with Gasteiger partial charge in [0, 0.05) is 28.7 Å². The Morgan fingerprint density at radius 2 is 1.74 bits per heavy atom. The number of halogens is 3. The van der Waals surface area contributed by atoms with Gasteiger partial charge in [-0.2, -0.15) is 0 Å². The lowest BCUT2D eigenvalue weighted by molar-refractivity contribution is -0.139. The summed E-state index contributed by atoms with van der Waals surface area (Å²) in [5, 5.41) is 3.38. The molecule has 0 aliphatic carbocycles. The van der Waals surface area contributed by atoms with Gasteiger partial charge in [0.1, 0.15) is 18.4 Å². The number of hydrogen-bond acceptors (Lipinski definition) is 4. The molecule has 0 aliphatic heterocycles. The maximum absolute atomic E-state index is 13.8. The lowest BCUT2D eigenvalue weighted by Crippen LogP contribution is -2.51. The van der Waals surface area contributed by atoms with Crippen molar-refractivity contribution in [2.45, 2.75) is 39.3 Å². The smallest absolute Gasteiger partial charge is 0.244 e. The molecule has 0 saturated heterocycles. The van der Waals surface area contributed by atoms with E-state index in [1.807, 2.05) is 6.92 Å². The van der Waals surface area contributed by atoms with Gasteiger partial charge in [-0.15, -0.1) is 0 Å². The Morgan fingerprint density at radius 1 is 1.12 bits per heavy atom. The molecule has 0 aromatic heterocycles. The monoisotopic (exact) mass is 531 g/mol. The van der Waals surface area contributed by atoms with Crippen molar-refractivity contribution in [1.29, 1.82) is 0 Å². The molecule has 1 N–H and O–H groups in total. The van der Waals surface area contributed by atoms with E-state index in [1.165, 1.54) is 30.0 Å². The first-order valence-corrected chi connectivity index (χ1v) is 13.3. The van der Waals surface area contributed by atoms with E-state index in [0.29, 0.717) is 22.2 Å². The number of carbonyl (C=O) groups excluding carboxylic acids is 2. The number of carbonyl (C=O) groups is 2. The minimum Gasteiger partial charge on any atom is -0.354 e. The van der Waals surface area contributed by atoms with Gasteiger partial charge in [-0.1, -0.05) is 48.7 Å². The molecule has 186 valence electrons. The molecule has 0 aliphatic rings. The lowest BCUT2D eigenvalue weighted by atomic mass is 10.1. The van der Waals surface area contributed by atoms with E-state index < -0.39 is 40.2 Å². The van der Waals surface area contributed by atoms with Crippen LogP contribution >= 0.6 is 23.2 Å². The first kappa shape index (κ1) is 27.9. The van der Waals surface area contributed by atoms with Crippen LogP contribution < -0.4 is 9.62 Å². The number of nitrogens with zero attached hydrogens (tertiary/aromatic N) is 2. The van der Waals surface area contributed by atoms with E-state index in [-0.39, 0.29) is 12.2 Å². The van der Waals surface area contributed by atoms with Crippen LogP contribution in [0, 0.1) is 5.82 Å². The van der Waals surface area contributed by atoms with Crippen LogP contribution in [0.2, 0.25) is 10.0 Å². The molecule has 0 radical (unpaired) electrons. The first-order valence-electron chi connectivity index (χ1n) is 10.7. The average molecular weight is 532 g/mol. The Labute approximate surface area is 209 Å². The topological polar surface area (TPSA) is 86.8 Å². The fourth-order valence-electron chi connectivity index (χ4n) is 3.22. The standard InChI is InChI=1S/C23H28Cl2FN3O4S/c1-4-5-12-27-23(31)16(2)28(14-19-20(24)10-7-11-21(19)25)22(30)15-29(34(3,32)33)18-9-6-8-17(26)13-18/h6-11,13,16H,4-5,12,14-15H2,1-3H3,(H,27,31)/t16-/m0/s1. The third-order valence-corrected chi connectivity index (χ3v) is 7.01. The first-order chi connectivity index (χ1) is 16.0. The molecule has 0 saturated carbocycles. The van der Waals surface area contributed by atoms with Gasteiger partial charge in [0.05, 0.1) is 11.9 Å². The number of anilines is 1. The Hall–Kier alpha value is -2.36. The van der Waals surface area contributed by atoms with Crippen molar-refractivity contribution in [3.63, 3.8) is 0 Å². The SMILES string of the molecule is CCCCNC(=O)[C@H](C)N(Cc1c(Cl)cccc1Cl)C(=O)CN(c1cccc(F)c1)S(C)(=O)=O. The van der Waals surface area contributed by atoms with Crippen molar-refractivity contribution < 1.29 is 22.4 Å². The molecule has 1 atom stereocenters. The summed E-state index contributed by atoms with van der Waals surface area (Å²) in [6, 6.07) is 8.82. The normalized spacial score (nSPS) is 12.2. The van der Waals surface area contributed by atoms with Crippen LogP contribution in [0.4, 0.5) is 10.1 Å². The third kappa shape index (κ3) is 7.58. The fourth-order valence-corrected chi connectivity index (χ4v) is 4.58. The number of rotatable bonds is 11. The maximum Gasteiger partial charge on any atom is 0.244 e. The Kier molecular flexibility index (Phi) is 10.1. The van der Waals surface area contributed by atoms with Crippen LogP contribution in [-0.4, -0.2) is 50.5 Å². The molecule has 0 spiro atoms. The number of nitrogens with one attached hydrogen (secondary N) is 1. The van der Waals surface area contributed by atoms with Gasteiger partial charge >= 0.3 is 0 Å². The van der Waals surface area contributed by atoms with Crippen LogP contribution in [0.25, 0.3) is 0 Å². The Bertz CT molecular complexity index is 1110. The van der Waals surface area contributed by atoms with Gasteiger partial charge in [-0.25, -0.2) is 12.8 Å². The summed E-state index contributed by atoms with van der Waals surface area (Å²) in [6.07, 6.45) is 2.56. The zero-order valence-corrected chi connectivity index (χ0v) is 21.6. The highest BCUT2D eigenvalue weighted by Crippen LogP contribution is 2.27. The lowest BCUT2D eigenvalue weighted by Gasteiger charge is -2.32. The minimum absolute atomic E-state index is 0.00775. The summed E-state index contributed by atoms with van der Waals surface area (Å²) in [7, 11) is -3.95. The van der Waals surface area contributed by atoms with Crippen molar-refractivity contribution in [3.05, 3.63) is 63.9 Å². The molecular formula is C23H28Cl2FN3O4S. The molecule has 0 fully saturated rings. The summed E-state index contributed by atoms with van der Waals surface area (Å²) >= 11 is 12.6. The predicted octanol–water partition coefficient (Wildman–Crippen LogP) is 4.23. The highest BCUT2D eigenvalue weighted by molar-refractivity contribution is 7.92. The number of benzene rings is 2. The zero-order valence-electron chi connectivity index (χ0n) is 19.2. The number of unbranched alkanes of at least 4 members (excludes halogenated alkanes) is 1. The third-order valence-electron chi connectivity index (χ3n) is 5.16. The molecular weight excluding hydrogens is 504 g/mol. The molecule has 11 heteroatoms. The van der Waals surface area contributed by atoms with Crippen molar-refractivity contribution in [1.82, 2.24) is 10.2 Å². The van der Waals surface area contributed by atoms with E-state index in [0.717, 1.165) is 29.5 Å². The van der Waals surface area contributed by atoms with Crippen molar-refractivity contribution in [2.75, 3.05) is 23.7 Å². The number of amides is 2. The van der Waals surface area contributed by atoms with Crippen molar-refractivity contribution >= 4 is 50.7 Å². The van der Waals surface area contributed by atoms with Gasteiger partial charge in [-0.05, 0) is 43.7 Å². The number of hydrogen-bond donors (Lipinski definition) is 1. The molecule has 2 aromatic carbocycles. The Balaban J connectivity index is 2.41. The zero-order chi connectivity index (χ0) is 25.5. The highest BCUT2D eigenvalue weighted by Gasteiger charge is 2.31. The van der Waals surface area contributed by atoms with Crippen LogP contribution in [0.5, 0.6) is 0 Å². The molecule has 2 rings (SSSR count). The summed E-state index contributed by atoms with van der Waals surface area (Å²) in [6.45, 7) is 3.19. The van der Waals surface area contributed by atoms with Crippen LogP contribution in [-0.2, 0) is 26.2 Å². The van der Waals surface area contributed by atoms with Crippen LogP contribution in [0.15, 0.2) is 42.5 Å². The van der Waals surface area contributed by atoms with Crippen LogP contribution in [0.3, 0.4) is 0 Å². The van der Waals surface area contributed by atoms with Crippen LogP contribution in [0.1, 0.15) is 32.3 Å². The van der Waals surface area contributed by atoms with E-state index in [1.54, 1.807) is 18.2 Å². The van der Waals surface area contributed by atoms with Crippen molar-refractivity contribution in [3.8, 4) is 0 Å². The molecule has 34 heavy (non-hydrogen) atoms. The minimum atomic E-state index is -3.95. The van der Waals surface area contributed by atoms with Crippen molar-refractivity contribution in [2.24, 2.45) is 0 Å². The predicted molar refractivity (Wildman–Crippen MR) is 133 cm³/mol. The second-order valence-electron chi connectivity index (χ2n) is 7.79. The van der Waals surface area contributed by atoms with Gasteiger partial charge in [0.15, 0.2) is 0 Å².